The highest BCUT2D eigenvalue weighted by atomic mass is 16.2. The number of anilines is 1. The molecule has 2 aliphatic heterocycles. The molecule has 2 aliphatic rings. The molecule has 18 heavy (non-hydrogen) atoms. The van der Waals surface area contributed by atoms with Crippen molar-refractivity contribution in [1.29, 1.82) is 0 Å². The summed E-state index contributed by atoms with van der Waals surface area (Å²) in [5.41, 5.74) is 3.28. The number of nitrogens with zero attached hydrogens (tertiary/aromatic N) is 1. The van der Waals surface area contributed by atoms with Gasteiger partial charge in [0.15, 0.2) is 0 Å². The van der Waals surface area contributed by atoms with Gasteiger partial charge in [0.25, 0.3) is 5.91 Å². The van der Waals surface area contributed by atoms with Gasteiger partial charge in [-0.1, -0.05) is 6.07 Å². The van der Waals surface area contributed by atoms with Crippen LogP contribution in [-0.2, 0) is 6.42 Å². The Morgan fingerprint density at radius 1 is 1.17 bits per heavy atom. The molecular formula is C14H19N3O. The van der Waals surface area contributed by atoms with E-state index in [0.717, 1.165) is 50.4 Å². The predicted molar refractivity (Wildman–Crippen MR) is 72.0 cm³/mol. The van der Waals surface area contributed by atoms with Crippen molar-refractivity contribution in [1.82, 2.24) is 10.2 Å². The Hall–Kier alpha value is -1.55. The van der Waals surface area contributed by atoms with Gasteiger partial charge in [0, 0.05) is 44.0 Å². The molecule has 1 aromatic rings. The zero-order valence-electron chi connectivity index (χ0n) is 10.5. The van der Waals surface area contributed by atoms with Gasteiger partial charge >= 0.3 is 0 Å². The summed E-state index contributed by atoms with van der Waals surface area (Å²) in [6.45, 7) is 4.43. The molecule has 0 atom stereocenters. The van der Waals surface area contributed by atoms with Crippen LogP contribution in [0.25, 0.3) is 0 Å². The van der Waals surface area contributed by atoms with Gasteiger partial charge in [0.1, 0.15) is 0 Å². The monoisotopic (exact) mass is 245 g/mol. The molecule has 0 bridgehead atoms. The molecule has 3 rings (SSSR count). The van der Waals surface area contributed by atoms with Gasteiger partial charge in [-0.15, -0.1) is 0 Å². The fourth-order valence-electron chi connectivity index (χ4n) is 2.64. The second-order valence-electron chi connectivity index (χ2n) is 4.94. The Morgan fingerprint density at radius 2 is 2.00 bits per heavy atom. The SMILES string of the molecule is O=C(c1ccc2c(c1)NCCC2)N1CCNCC1. The van der Waals surface area contributed by atoms with Crippen LogP contribution in [0, 0.1) is 0 Å². The van der Waals surface area contributed by atoms with Crippen molar-refractivity contribution in [3.63, 3.8) is 0 Å². The fourth-order valence-corrected chi connectivity index (χ4v) is 2.64. The number of carbonyl (C=O) groups is 1. The Balaban J connectivity index is 1.80. The summed E-state index contributed by atoms with van der Waals surface area (Å²) >= 11 is 0. The van der Waals surface area contributed by atoms with Crippen molar-refractivity contribution >= 4 is 11.6 Å². The molecule has 0 spiro atoms. The summed E-state index contributed by atoms with van der Waals surface area (Å²) in [5.74, 6) is 0.159. The number of hydrogen-bond donors (Lipinski definition) is 2. The molecule has 1 aromatic carbocycles. The summed E-state index contributed by atoms with van der Waals surface area (Å²) in [5, 5.41) is 6.64. The zero-order chi connectivity index (χ0) is 12.4. The van der Waals surface area contributed by atoms with Gasteiger partial charge in [0.2, 0.25) is 0 Å². The maximum absolute atomic E-state index is 12.4. The molecule has 4 heteroatoms. The van der Waals surface area contributed by atoms with Gasteiger partial charge in [-0.2, -0.15) is 0 Å². The van der Waals surface area contributed by atoms with Crippen LogP contribution in [0.2, 0.25) is 0 Å². The van der Waals surface area contributed by atoms with Crippen molar-refractivity contribution in [3.05, 3.63) is 29.3 Å². The van der Waals surface area contributed by atoms with E-state index in [2.05, 4.69) is 16.7 Å². The van der Waals surface area contributed by atoms with Gasteiger partial charge in [-0.25, -0.2) is 0 Å². The van der Waals surface area contributed by atoms with Crippen LogP contribution in [-0.4, -0.2) is 43.5 Å². The second-order valence-corrected chi connectivity index (χ2v) is 4.94. The number of amides is 1. The molecule has 2 heterocycles. The lowest BCUT2D eigenvalue weighted by molar-refractivity contribution is 0.0736. The first kappa shape index (κ1) is 11.5. The van der Waals surface area contributed by atoms with Crippen LogP contribution in [0.15, 0.2) is 18.2 Å². The molecule has 0 aliphatic carbocycles. The van der Waals surface area contributed by atoms with Crippen molar-refractivity contribution < 1.29 is 4.79 Å². The van der Waals surface area contributed by atoms with E-state index in [4.69, 9.17) is 0 Å². The second kappa shape index (κ2) is 4.98. The van der Waals surface area contributed by atoms with E-state index in [1.807, 2.05) is 17.0 Å². The van der Waals surface area contributed by atoms with E-state index in [9.17, 15) is 4.79 Å². The smallest absolute Gasteiger partial charge is 0.254 e. The highest BCUT2D eigenvalue weighted by Crippen LogP contribution is 2.23. The lowest BCUT2D eigenvalue weighted by atomic mass is 10.0. The molecule has 96 valence electrons. The van der Waals surface area contributed by atoms with Crippen LogP contribution < -0.4 is 10.6 Å². The summed E-state index contributed by atoms with van der Waals surface area (Å²) in [6, 6.07) is 6.08. The van der Waals surface area contributed by atoms with Crippen LogP contribution in [0.4, 0.5) is 5.69 Å². The fraction of sp³-hybridized carbons (Fsp3) is 0.500. The molecule has 1 saturated heterocycles. The molecule has 0 aromatic heterocycles. The average molecular weight is 245 g/mol. The third kappa shape index (κ3) is 2.20. The molecule has 2 N–H and O–H groups in total. The van der Waals surface area contributed by atoms with E-state index in [1.165, 1.54) is 12.0 Å². The number of nitrogens with one attached hydrogen (secondary N) is 2. The van der Waals surface area contributed by atoms with Gasteiger partial charge in [0.05, 0.1) is 0 Å². The number of aryl methyl sites for hydroxylation is 1. The Bertz CT molecular complexity index is 452. The topological polar surface area (TPSA) is 44.4 Å². The first-order chi connectivity index (χ1) is 8.84. The highest BCUT2D eigenvalue weighted by Gasteiger charge is 2.19. The number of piperazine rings is 1. The first-order valence-corrected chi connectivity index (χ1v) is 6.71. The molecule has 1 fully saturated rings. The van der Waals surface area contributed by atoms with E-state index < -0.39 is 0 Å². The number of carbonyl (C=O) groups excluding carboxylic acids is 1. The quantitative estimate of drug-likeness (QED) is 0.778. The van der Waals surface area contributed by atoms with E-state index in [0.29, 0.717) is 0 Å². The third-order valence-electron chi connectivity index (χ3n) is 3.70. The van der Waals surface area contributed by atoms with Crippen LogP contribution >= 0.6 is 0 Å². The number of benzene rings is 1. The standard InChI is InChI=1S/C14H19N3O/c18-14(17-8-6-15-7-9-17)12-4-3-11-2-1-5-16-13(11)10-12/h3-4,10,15-16H,1-2,5-9H2. The normalized spacial score (nSPS) is 19.0. The Labute approximate surface area is 107 Å². The van der Waals surface area contributed by atoms with Crippen molar-refractivity contribution in [2.45, 2.75) is 12.8 Å². The summed E-state index contributed by atoms with van der Waals surface area (Å²) in [6.07, 6.45) is 2.29. The van der Waals surface area contributed by atoms with E-state index in [1.54, 1.807) is 0 Å². The summed E-state index contributed by atoms with van der Waals surface area (Å²) < 4.78 is 0. The molecule has 0 unspecified atom stereocenters. The van der Waals surface area contributed by atoms with Crippen molar-refractivity contribution in [2.24, 2.45) is 0 Å². The number of fused-ring (bicyclic) bond motifs is 1. The molecule has 0 radical (unpaired) electrons. The molecular weight excluding hydrogens is 226 g/mol. The number of hydrogen-bond acceptors (Lipinski definition) is 3. The summed E-state index contributed by atoms with van der Waals surface area (Å²) in [4.78, 5) is 14.3. The average Bonchev–Trinajstić information content (AvgIpc) is 2.47. The van der Waals surface area contributed by atoms with Gasteiger partial charge in [-0.05, 0) is 30.5 Å². The highest BCUT2D eigenvalue weighted by molar-refractivity contribution is 5.95. The van der Waals surface area contributed by atoms with E-state index in [-0.39, 0.29) is 5.91 Å². The van der Waals surface area contributed by atoms with Gasteiger partial charge in [-0.3, -0.25) is 4.79 Å². The molecule has 0 saturated carbocycles. The van der Waals surface area contributed by atoms with Crippen molar-refractivity contribution in [3.8, 4) is 0 Å². The maximum atomic E-state index is 12.4. The first-order valence-electron chi connectivity index (χ1n) is 6.71. The lowest BCUT2D eigenvalue weighted by Gasteiger charge is -2.28. The lowest BCUT2D eigenvalue weighted by Crippen LogP contribution is -2.46. The minimum absolute atomic E-state index is 0.159. The van der Waals surface area contributed by atoms with Gasteiger partial charge < -0.3 is 15.5 Å². The zero-order valence-corrected chi connectivity index (χ0v) is 10.5. The maximum Gasteiger partial charge on any atom is 0.254 e. The molecule has 1 amide bonds. The van der Waals surface area contributed by atoms with Crippen LogP contribution in [0.1, 0.15) is 22.3 Å². The molecule has 4 nitrogen and oxygen atoms in total. The van der Waals surface area contributed by atoms with Crippen molar-refractivity contribution in [2.75, 3.05) is 38.0 Å². The summed E-state index contributed by atoms with van der Waals surface area (Å²) in [7, 11) is 0. The Morgan fingerprint density at radius 3 is 2.83 bits per heavy atom. The third-order valence-corrected chi connectivity index (χ3v) is 3.70. The van der Waals surface area contributed by atoms with Crippen LogP contribution in [0.3, 0.4) is 0 Å². The number of rotatable bonds is 1. The minimum Gasteiger partial charge on any atom is -0.385 e. The van der Waals surface area contributed by atoms with Crippen LogP contribution in [0.5, 0.6) is 0 Å². The van der Waals surface area contributed by atoms with E-state index >= 15 is 0 Å². The minimum atomic E-state index is 0.159. The Kier molecular flexibility index (Phi) is 3.19. The predicted octanol–water partition coefficient (Wildman–Crippen LogP) is 1.09. The largest absolute Gasteiger partial charge is 0.385 e.